The minimum absolute atomic E-state index is 0.0438. The average molecular weight is 367 g/mol. The van der Waals surface area contributed by atoms with Crippen molar-refractivity contribution in [2.45, 2.75) is 6.54 Å². The van der Waals surface area contributed by atoms with Crippen molar-refractivity contribution >= 4 is 28.5 Å². The first-order valence-corrected chi connectivity index (χ1v) is 8.85. The van der Waals surface area contributed by atoms with E-state index in [0.717, 1.165) is 37.6 Å². The van der Waals surface area contributed by atoms with Gasteiger partial charge in [0.2, 0.25) is 5.95 Å². The van der Waals surface area contributed by atoms with E-state index in [4.69, 9.17) is 0 Å². The summed E-state index contributed by atoms with van der Waals surface area (Å²) in [6, 6.07) is 8.58. The number of nitrogens with one attached hydrogen (secondary N) is 2. The zero-order valence-corrected chi connectivity index (χ0v) is 15.1. The summed E-state index contributed by atoms with van der Waals surface area (Å²) in [6.45, 7) is 4.51. The number of hydrogen-bond donors (Lipinski definition) is 2. The maximum Gasteiger partial charge on any atom is 0.271 e. The van der Waals surface area contributed by atoms with Gasteiger partial charge in [0.1, 0.15) is 5.82 Å². The number of H-pyrrole nitrogens is 1. The first-order chi connectivity index (χ1) is 13.1. The number of anilines is 2. The van der Waals surface area contributed by atoms with Crippen LogP contribution in [0.3, 0.4) is 0 Å². The number of rotatable bonds is 5. The highest BCUT2D eigenvalue weighted by Gasteiger charge is 2.18. The molecule has 140 valence electrons. The molecule has 0 radical (unpaired) electrons. The fourth-order valence-electron chi connectivity index (χ4n) is 3.25. The Balaban J connectivity index is 1.50. The highest BCUT2D eigenvalue weighted by molar-refractivity contribution is 5.79. The molecule has 1 aliphatic heterocycles. The molecule has 0 unspecified atom stereocenters. The second kappa shape index (κ2) is 7.20. The van der Waals surface area contributed by atoms with Crippen LogP contribution in [0.1, 0.15) is 5.56 Å². The molecule has 9 nitrogen and oxygen atoms in total. The maximum atomic E-state index is 10.9. The molecule has 0 amide bonds. The Morgan fingerprint density at radius 1 is 1.26 bits per heavy atom. The average Bonchev–Trinajstić information content (AvgIpc) is 3.09. The summed E-state index contributed by atoms with van der Waals surface area (Å²) >= 11 is 0. The topological polar surface area (TPSA) is 103 Å². The number of hydrogen-bond acceptors (Lipinski definition) is 7. The van der Waals surface area contributed by atoms with E-state index in [1.54, 1.807) is 6.07 Å². The van der Waals surface area contributed by atoms with Crippen LogP contribution in [-0.4, -0.2) is 58.0 Å². The Hall–Kier alpha value is -3.20. The Labute approximate surface area is 156 Å². The fraction of sp³-hybridized carbons (Fsp3) is 0.333. The Morgan fingerprint density at radius 2 is 2.07 bits per heavy atom. The van der Waals surface area contributed by atoms with Crippen molar-refractivity contribution in [2.24, 2.45) is 0 Å². The molecule has 9 heteroatoms. The molecule has 1 aromatic carbocycles. The van der Waals surface area contributed by atoms with Crippen LogP contribution in [0.15, 0.2) is 36.5 Å². The van der Waals surface area contributed by atoms with Gasteiger partial charge in [-0.05, 0) is 19.2 Å². The molecule has 3 heterocycles. The van der Waals surface area contributed by atoms with Gasteiger partial charge in [-0.1, -0.05) is 6.07 Å². The van der Waals surface area contributed by atoms with Crippen LogP contribution >= 0.6 is 0 Å². The lowest BCUT2D eigenvalue weighted by atomic mass is 10.2. The lowest BCUT2D eigenvalue weighted by Crippen LogP contribution is -2.45. The number of piperazine rings is 1. The molecular formula is C18H21N7O2. The maximum absolute atomic E-state index is 10.9. The molecule has 1 fully saturated rings. The van der Waals surface area contributed by atoms with Gasteiger partial charge < -0.3 is 20.1 Å². The predicted octanol–water partition coefficient (Wildman–Crippen LogP) is 2.23. The van der Waals surface area contributed by atoms with Crippen LogP contribution in [0.2, 0.25) is 0 Å². The van der Waals surface area contributed by atoms with Gasteiger partial charge in [-0.15, -0.1) is 0 Å². The number of aromatic nitrogens is 3. The first-order valence-electron chi connectivity index (χ1n) is 8.85. The van der Waals surface area contributed by atoms with E-state index in [1.807, 2.05) is 12.3 Å². The molecule has 0 spiro atoms. The second-order valence-electron chi connectivity index (χ2n) is 6.67. The first kappa shape index (κ1) is 17.2. The number of pyridine rings is 1. The van der Waals surface area contributed by atoms with E-state index in [-0.39, 0.29) is 5.69 Å². The van der Waals surface area contributed by atoms with Gasteiger partial charge in [0.25, 0.3) is 5.69 Å². The van der Waals surface area contributed by atoms with Gasteiger partial charge in [0.15, 0.2) is 0 Å². The molecule has 4 rings (SSSR count). The smallest absolute Gasteiger partial charge is 0.271 e. The molecule has 0 aliphatic carbocycles. The van der Waals surface area contributed by atoms with Crippen LogP contribution in [0.25, 0.3) is 11.0 Å². The minimum atomic E-state index is -0.411. The van der Waals surface area contributed by atoms with E-state index >= 15 is 0 Å². The standard InChI is InChI=1S/C18H21N7O2/c1-23-7-9-24(10-8-23)17-13(3-2-6-19-17)12-20-18-21-15-5-4-14(25(26)27)11-16(15)22-18/h2-6,11H,7-10,12H2,1H3,(H2,20,21,22). The summed E-state index contributed by atoms with van der Waals surface area (Å²) in [4.78, 5) is 27.2. The summed E-state index contributed by atoms with van der Waals surface area (Å²) in [6.07, 6.45) is 1.82. The van der Waals surface area contributed by atoms with Crippen LogP contribution < -0.4 is 10.2 Å². The second-order valence-corrected chi connectivity index (χ2v) is 6.67. The number of benzene rings is 1. The number of likely N-dealkylation sites (N-methyl/N-ethyl adjacent to an activating group) is 1. The lowest BCUT2D eigenvalue weighted by molar-refractivity contribution is -0.384. The number of non-ortho nitro benzene ring substituents is 1. The summed E-state index contributed by atoms with van der Waals surface area (Å²) in [7, 11) is 2.13. The van der Waals surface area contributed by atoms with Crippen molar-refractivity contribution in [3.05, 3.63) is 52.2 Å². The lowest BCUT2D eigenvalue weighted by Gasteiger charge is -2.34. The third-order valence-corrected chi connectivity index (χ3v) is 4.79. The van der Waals surface area contributed by atoms with Crippen molar-refractivity contribution in [1.29, 1.82) is 0 Å². The number of fused-ring (bicyclic) bond motifs is 1. The van der Waals surface area contributed by atoms with Gasteiger partial charge in [0, 0.05) is 56.6 Å². The zero-order valence-electron chi connectivity index (χ0n) is 15.1. The Bertz CT molecular complexity index is 963. The van der Waals surface area contributed by atoms with E-state index in [2.05, 4.69) is 43.2 Å². The molecule has 0 atom stereocenters. The van der Waals surface area contributed by atoms with E-state index in [1.165, 1.54) is 12.1 Å². The SMILES string of the molecule is CN1CCN(c2ncccc2CNc2nc3ccc([N+](=O)[O-])cc3[nH]2)CC1. The third-order valence-electron chi connectivity index (χ3n) is 4.79. The number of nitro groups is 1. The van der Waals surface area contributed by atoms with E-state index in [0.29, 0.717) is 23.5 Å². The normalized spacial score (nSPS) is 15.2. The minimum Gasteiger partial charge on any atom is -0.354 e. The van der Waals surface area contributed by atoms with Crippen molar-refractivity contribution in [1.82, 2.24) is 19.9 Å². The number of imidazole rings is 1. The van der Waals surface area contributed by atoms with Crippen LogP contribution in [-0.2, 0) is 6.54 Å². The number of nitrogens with zero attached hydrogens (tertiary/aromatic N) is 5. The van der Waals surface area contributed by atoms with Crippen molar-refractivity contribution in [3.63, 3.8) is 0 Å². The van der Waals surface area contributed by atoms with Gasteiger partial charge in [-0.25, -0.2) is 9.97 Å². The van der Waals surface area contributed by atoms with Crippen LogP contribution in [0.5, 0.6) is 0 Å². The molecule has 1 saturated heterocycles. The monoisotopic (exact) mass is 367 g/mol. The molecule has 2 N–H and O–H groups in total. The molecule has 2 aromatic heterocycles. The molecular weight excluding hydrogens is 346 g/mol. The Morgan fingerprint density at radius 3 is 2.85 bits per heavy atom. The van der Waals surface area contributed by atoms with Crippen LogP contribution in [0, 0.1) is 10.1 Å². The van der Waals surface area contributed by atoms with Crippen molar-refractivity contribution in [3.8, 4) is 0 Å². The highest BCUT2D eigenvalue weighted by Crippen LogP contribution is 2.22. The van der Waals surface area contributed by atoms with Gasteiger partial charge in [0.05, 0.1) is 16.0 Å². The highest BCUT2D eigenvalue weighted by atomic mass is 16.6. The quantitative estimate of drug-likeness (QED) is 0.526. The number of nitro benzene ring substituents is 1. The van der Waals surface area contributed by atoms with E-state index < -0.39 is 4.92 Å². The van der Waals surface area contributed by atoms with Gasteiger partial charge in [-0.3, -0.25) is 10.1 Å². The molecule has 0 saturated carbocycles. The Kier molecular flexibility index (Phi) is 4.59. The van der Waals surface area contributed by atoms with E-state index in [9.17, 15) is 10.1 Å². The summed E-state index contributed by atoms with van der Waals surface area (Å²) in [5.74, 6) is 1.57. The van der Waals surface area contributed by atoms with Crippen molar-refractivity contribution < 1.29 is 4.92 Å². The molecule has 27 heavy (non-hydrogen) atoms. The molecule has 0 bridgehead atoms. The van der Waals surface area contributed by atoms with Crippen molar-refractivity contribution in [2.75, 3.05) is 43.4 Å². The van der Waals surface area contributed by atoms with Gasteiger partial charge in [-0.2, -0.15) is 0 Å². The van der Waals surface area contributed by atoms with Crippen LogP contribution in [0.4, 0.5) is 17.5 Å². The predicted molar refractivity (Wildman–Crippen MR) is 104 cm³/mol. The fourth-order valence-corrected chi connectivity index (χ4v) is 3.25. The largest absolute Gasteiger partial charge is 0.354 e. The summed E-state index contributed by atoms with van der Waals surface area (Å²) in [5.41, 5.74) is 2.46. The molecule has 1 aliphatic rings. The third kappa shape index (κ3) is 3.68. The zero-order chi connectivity index (χ0) is 18.8. The summed E-state index contributed by atoms with van der Waals surface area (Å²) < 4.78 is 0. The number of aromatic amines is 1. The molecule has 3 aromatic rings. The summed E-state index contributed by atoms with van der Waals surface area (Å²) in [5, 5.41) is 14.2. The van der Waals surface area contributed by atoms with Gasteiger partial charge >= 0.3 is 0 Å².